The normalized spacial score (nSPS) is 10.0. The van der Waals surface area contributed by atoms with Crippen LogP contribution in [-0.2, 0) is 0 Å². The Bertz CT molecular complexity index is 126. The molecule has 0 aliphatic rings. The third kappa shape index (κ3) is 5.24. The molecule has 0 aromatic heterocycles. The van der Waals surface area contributed by atoms with E-state index in [1.165, 1.54) is 0 Å². The van der Waals surface area contributed by atoms with Crippen LogP contribution in [0.3, 0.4) is 0 Å². The number of carbonyl (C=O) groups is 1. The van der Waals surface area contributed by atoms with E-state index < -0.39 is 0 Å². The highest BCUT2D eigenvalue weighted by atomic mass is 35.5. The van der Waals surface area contributed by atoms with Gasteiger partial charge in [-0.3, -0.25) is 0 Å². The summed E-state index contributed by atoms with van der Waals surface area (Å²) in [7, 11) is 0. The van der Waals surface area contributed by atoms with Gasteiger partial charge in [0.05, 0.1) is 0 Å². The molecule has 0 aromatic carbocycles. The Labute approximate surface area is 78.9 Å². The molecular weight excluding hydrogens is 176 g/mol. The third-order valence-electron chi connectivity index (χ3n) is 1.70. The summed E-state index contributed by atoms with van der Waals surface area (Å²) in [6.45, 7) is 4.62. The minimum atomic E-state index is -0.121. The summed E-state index contributed by atoms with van der Waals surface area (Å²) in [6, 6.07) is 0.157. The first-order chi connectivity index (χ1) is 5.74. The molecule has 0 heterocycles. The number of carbonyl (C=O) groups excluding carboxylic acids is 1. The number of amides is 2. The van der Waals surface area contributed by atoms with Gasteiger partial charge in [-0.1, -0.05) is 13.8 Å². The van der Waals surface area contributed by atoms with Crippen LogP contribution in [0.4, 0.5) is 4.79 Å². The number of alkyl halides is 1. The number of hydrogen-bond acceptors (Lipinski definition) is 1. The van der Waals surface area contributed by atoms with Crippen molar-refractivity contribution in [2.24, 2.45) is 0 Å². The number of halogens is 1. The predicted octanol–water partition coefficient (Wildman–Crippen LogP) is 1.71. The van der Waals surface area contributed by atoms with E-state index in [1.54, 1.807) is 0 Å². The summed E-state index contributed by atoms with van der Waals surface area (Å²) >= 11 is 5.41. The van der Waals surface area contributed by atoms with Crippen LogP contribution < -0.4 is 10.6 Å². The second kappa shape index (κ2) is 7.22. The fourth-order valence-corrected chi connectivity index (χ4v) is 0.984. The van der Waals surface area contributed by atoms with Crippen molar-refractivity contribution in [3.63, 3.8) is 0 Å². The zero-order chi connectivity index (χ0) is 9.40. The van der Waals surface area contributed by atoms with Crippen LogP contribution in [0.1, 0.15) is 26.7 Å². The van der Waals surface area contributed by atoms with E-state index in [-0.39, 0.29) is 12.1 Å². The molecule has 2 N–H and O–H groups in total. The van der Waals surface area contributed by atoms with E-state index in [9.17, 15) is 4.79 Å². The van der Waals surface area contributed by atoms with Crippen molar-refractivity contribution < 1.29 is 4.79 Å². The molecule has 4 heteroatoms. The highest BCUT2D eigenvalue weighted by Crippen LogP contribution is 1.94. The Hall–Kier alpha value is -0.440. The largest absolute Gasteiger partial charge is 0.337 e. The molecule has 0 atom stereocenters. The van der Waals surface area contributed by atoms with Crippen LogP contribution in [0.2, 0.25) is 0 Å². The molecule has 0 unspecified atom stereocenters. The molecule has 0 bridgehead atoms. The second-order valence-corrected chi connectivity index (χ2v) is 2.98. The molecule has 0 aliphatic heterocycles. The fraction of sp³-hybridized carbons (Fsp3) is 0.875. The molecule has 0 rings (SSSR count). The standard InChI is InChI=1S/C8H17ClN2O/c1-3-7(4-2)11-8(12)10-6-5-9/h7H,3-6H2,1-2H3,(H2,10,11,12). The van der Waals surface area contributed by atoms with Crippen LogP contribution >= 0.6 is 11.6 Å². The van der Waals surface area contributed by atoms with Crippen LogP contribution in [0, 0.1) is 0 Å². The van der Waals surface area contributed by atoms with Gasteiger partial charge in [-0.25, -0.2) is 4.79 Å². The molecular formula is C8H17ClN2O. The Morgan fingerprint density at radius 2 is 2.00 bits per heavy atom. The number of hydrogen-bond donors (Lipinski definition) is 2. The third-order valence-corrected chi connectivity index (χ3v) is 1.89. The molecule has 0 aromatic rings. The van der Waals surface area contributed by atoms with Gasteiger partial charge in [0.1, 0.15) is 0 Å². The van der Waals surface area contributed by atoms with E-state index in [2.05, 4.69) is 24.5 Å². The molecule has 3 nitrogen and oxygen atoms in total. The van der Waals surface area contributed by atoms with Crippen LogP contribution in [0.25, 0.3) is 0 Å². The van der Waals surface area contributed by atoms with Crippen molar-refractivity contribution in [2.75, 3.05) is 12.4 Å². The van der Waals surface area contributed by atoms with Gasteiger partial charge in [-0.05, 0) is 12.8 Å². The van der Waals surface area contributed by atoms with Crippen molar-refractivity contribution in [1.29, 1.82) is 0 Å². The lowest BCUT2D eigenvalue weighted by Gasteiger charge is -2.14. The maximum Gasteiger partial charge on any atom is 0.315 e. The molecule has 0 aliphatic carbocycles. The molecule has 0 saturated heterocycles. The quantitative estimate of drug-likeness (QED) is 0.640. The average Bonchev–Trinajstić information content (AvgIpc) is 2.10. The highest BCUT2D eigenvalue weighted by Gasteiger charge is 2.05. The predicted molar refractivity (Wildman–Crippen MR) is 51.6 cm³/mol. The van der Waals surface area contributed by atoms with Gasteiger partial charge in [0, 0.05) is 18.5 Å². The molecule has 2 amide bonds. The first-order valence-electron chi connectivity index (χ1n) is 4.34. The summed E-state index contributed by atoms with van der Waals surface area (Å²) in [5.74, 6) is 0.455. The summed E-state index contributed by atoms with van der Waals surface area (Å²) in [6.07, 6.45) is 1.93. The molecule has 0 radical (unpaired) electrons. The minimum absolute atomic E-state index is 0.121. The van der Waals surface area contributed by atoms with Crippen LogP contribution in [0.15, 0.2) is 0 Å². The zero-order valence-corrected chi connectivity index (χ0v) is 8.45. The maximum absolute atomic E-state index is 11.0. The van der Waals surface area contributed by atoms with Crippen molar-refractivity contribution in [2.45, 2.75) is 32.7 Å². The molecule has 72 valence electrons. The lowest BCUT2D eigenvalue weighted by atomic mass is 10.2. The Balaban J connectivity index is 3.52. The fourth-order valence-electron chi connectivity index (χ4n) is 0.890. The van der Waals surface area contributed by atoms with Crippen LogP contribution in [-0.4, -0.2) is 24.5 Å². The van der Waals surface area contributed by atoms with Gasteiger partial charge in [-0.15, -0.1) is 11.6 Å². The van der Waals surface area contributed by atoms with E-state index in [0.717, 1.165) is 12.8 Å². The Morgan fingerprint density at radius 3 is 2.42 bits per heavy atom. The molecule has 0 saturated carbocycles. The van der Waals surface area contributed by atoms with Crippen molar-refractivity contribution in [3.8, 4) is 0 Å². The van der Waals surface area contributed by atoms with E-state index in [1.807, 2.05) is 0 Å². The van der Waals surface area contributed by atoms with Crippen LogP contribution in [0.5, 0.6) is 0 Å². The summed E-state index contributed by atoms with van der Waals surface area (Å²) in [4.78, 5) is 11.0. The van der Waals surface area contributed by atoms with Crippen molar-refractivity contribution in [3.05, 3.63) is 0 Å². The number of nitrogens with one attached hydrogen (secondary N) is 2. The molecule has 12 heavy (non-hydrogen) atoms. The Morgan fingerprint density at radius 1 is 1.42 bits per heavy atom. The number of rotatable bonds is 5. The highest BCUT2D eigenvalue weighted by molar-refractivity contribution is 6.18. The zero-order valence-electron chi connectivity index (χ0n) is 7.69. The van der Waals surface area contributed by atoms with Crippen molar-refractivity contribution >= 4 is 17.6 Å². The first-order valence-corrected chi connectivity index (χ1v) is 4.88. The van der Waals surface area contributed by atoms with E-state index in [4.69, 9.17) is 11.6 Å². The smallest absolute Gasteiger partial charge is 0.315 e. The van der Waals surface area contributed by atoms with E-state index in [0.29, 0.717) is 12.4 Å². The number of urea groups is 1. The average molecular weight is 193 g/mol. The topological polar surface area (TPSA) is 41.1 Å². The minimum Gasteiger partial charge on any atom is -0.337 e. The molecule has 0 fully saturated rings. The van der Waals surface area contributed by atoms with Gasteiger partial charge in [0.25, 0.3) is 0 Å². The summed E-state index contributed by atoms with van der Waals surface area (Å²) in [5, 5.41) is 5.49. The second-order valence-electron chi connectivity index (χ2n) is 2.60. The van der Waals surface area contributed by atoms with Crippen molar-refractivity contribution in [1.82, 2.24) is 10.6 Å². The van der Waals surface area contributed by atoms with Gasteiger partial charge in [0.15, 0.2) is 0 Å². The summed E-state index contributed by atoms with van der Waals surface area (Å²) < 4.78 is 0. The lowest BCUT2D eigenvalue weighted by Crippen LogP contribution is -2.42. The Kier molecular flexibility index (Phi) is 6.96. The first kappa shape index (κ1) is 11.6. The van der Waals surface area contributed by atoms with Gasteiger partial charge >= 0.3 is 6.03 Å². The lowest BCUT2D eigenvalue weighted by molar-refractivity contribution is 0.236. The monoisotopic (exact) mass is 192 g/mol. The van der Waals surface area contributed by atoms with Gasteiger partial charge < -0.3 is 10.6 Å². The summed E-state index contributed by atoms with van der Waals surface area (Å²) in [5.41, 5.74) is 0. The maximum atomic E-state index is 11.0. The molecule has 0 spiro atoms. The SMILES string of the molecule is CCC(CC)NC(=O)NCCCl. The van der Waals surface area contributed by atoms with Gasteiger partial charge in [0.2, 0.25) is 0 Å². The van der Waals surface area contributed by atoms with E-state index >= 15 is 0 Å². The van der Waals surface area contributed by atoms with Gasteiger partial charge in [-0.2, -0.15) is 0 Å².